The van der Waals surface area contributed by atoms with E-state index < -0.39 is 29.8 Å². The van der Waals surface area contributed by atoms with Gasteiger partial charge in [-0.3, -0.25) is 25.2 Å². The average molecular weight is 417 g/mol. The molecule has 8 nitrogen and oxygen atoms in total. The van der Waals surface area contributed by atoms with Gasteiger partial charge in [0.15, 0.2) is 17.7 Å². The van der Waals surface area contributed by atoms with Gasteiger partial charge in [-0.25, -0.2) is 4.39 Å². The Morgan fingerprint density at radius 3 is 2.30 bits per heavy atom. The smallest absolute Gasteiger partial charge is 0.279 e. The highest BCUT2D eigenvalue weighted by Crippen LogP contribution is 2.20. The van der Waals surface area contributed by atoms with Gasteiger partial charge in [0.1, 0.15) is 5.75 Å². The van der Waals surface area contributed by atoms with Gasteiger partial charge in [-0.15, -0.1) is 0 Å². The molecule has 0 bridgehead atoms. The minimum absolute atomic E-state index is 0.0725. The molecular formula is C21H24FN3O5. The first kappa shape index (κ1) is 22.7. The number of benzene rings is 2. The fraction of sp³-hybridized carbons (Fsp3) is 0.286. The first-order valence-electron chi connectivity index (χ1n) is 9.21. The Morgan fingerprint density at radius 1 is 1.03 bits per heavy atom. The molecule has 0 saturated carbocycles. The number of para-hydroxylation sites is 1. The van der Waals surface area contributed by atoms with Gasteiger partial charge in [0.25, 0.3) is 5.91 Å². The third-order valence-electron chi connectivity index (χ3n) is 4.12. The van der Waals surface area contributed by atoms with E-state index in [1.807, 2.05) is 0 Å². The third-order valence-corrected chi connectivity index (χ3v) is 4.12. The highest BCUT2D eigenvalue weighted by molar-refractivity contribution is 5.85. The summed E-state index contributed by atoms with van der Waals surface area (Å²) in [5, 5.41) is 2.69. The van der Waals surface area contributed by atoms with Crippen molar-refractivity contribution in [3.05, 3.63) is 59.9 Å². The first-order chi connectivity index (χ1) is 14.3. The van der Waals surface area contributed by atoms with Gasteiger partial charge >= 0.3 is 0 Å². The van der Waals surface area contributed by atoms with Crippen molar-refractivity contribution in [1.29, 1.82) is 0 Å². The Kier molecular flexibility index (Phi) is 8.16. The molecule has 3 amide bonds. The zero-order valence-electron chi connectivity index (χ0n) is 16.9. The van der Waals surface area contributed by atoms with Gasteiger partial charge in [-0.1, -0.05) is 24.3 Å². The molecule has 2 atom stereocenters. The van der Waals surface area contributed by atoms with E-state index in [1.54, 1.807) is 30.3 Å². The molecule has 9 heteroatoms. The molecule has 2 rings (SSSR count). The topological polar surface area (TPSA) is 106 Å². The van der Waals surface area contributed by atoms with Crippen molar-refractivity contribution >= 4 is 17.7 Å². The maximum atomic E-state index is 13.6. The fourth-order valence-corrected chi connectivity index (χ4v) is 2.59. The van der Waals surface area contributed by atoms with Gasteiger partial charge in [0.2, 0.25) is 11.8 Å². The van der Waals surface area contributed by atoms with Crippen LogP contribution in [0, 0.1) is 5.82 Å². The van der Waals surface area contributed by atoms with Crippen LogP contribution in [0.4, 0.5) is 4.39 Å². The Bertz CT molecular complexity index is 888. The third kappa shape index (κ3) is 6.77. The van der Waals surface area contributed by atoms with Crippen molar-refractivity contribution < 1.29 is 28.2 Å². The minimum atomic E-state index is -1.05. The lowest BCUT2D eigenvalue weighted by Gasteiger charge is -2.19. The summed E-state index contributed by atoms with van der Waals surface area (Å²) in [6, 6.07) is 12.0. The van der Waals surface area contributed by atoms with Crippen LogP contribution in [0.3, 0.4) is 0 Å². The SMILES string of the molecule is COc1ccc([C@@H](CC(=O)NNC(=O)[C@@H](C)Oc2ccccc2F)NC(C)=O)cc1. The lowest BCUT2D eigenvalue weighted by molar-refractivity contribution is -0.133. The van der Waals surface area contributed by atoms with Gasteiger partial charge in [0.05, 0.1) is 19.6 Å². The molecule has 3 N–H and O–H groups in total. The average Bonchev–Trinajstić information content (AvgIpc) is 2.72. The number of halogens is 1. The Labute approximate surface area is 173 Å². The van der Waals surface area contributed by atoms with Crippen LogP contribution >= 0.6 is 0 Å². The second kappa shape index (κ2) is 10.8. The number of hydrogen-bond donors (Lipinski definition) is 3. The van der Waals surface area contributed by atoms with Crippen LogP contribution in [0.15, 0.2) is 48.5 Å². The molecule has 0 spiro atoms. The highest BCUT2D eigenvalue weighted by atomic mass is 19.1. The molecule has 0 unspecified atom stereocenters. The van der Waals surface area contributed by atoms with Gasteiger partial charge in [0, 0.05) is 6.92 Å². The lowest BCUT2D eigenvalue weighted by Crippen LogP contribution is -2.48. The molecule has 0 saturated heterocycles. The van der Waals surface area contributed by atoms with Crippen LogP contribution in [0.5, 0.6) is 11.5 Å². The molecule has 0 fully saturated rings. The molecule has 0 aliphatic rings. The van der Waals surface area contributed by atoms with Crippen molar-refractivity contribution in [3.63, 3.8) is 0 Å². The van der Waals surface area contributed by atoms with Gasteiger partial charge in [-0.05, 0) is 36.8 Å². The number of amides is 3. The van der Waals surface area contributed by atoms with Gasteiger partial charge in [-0.2, -0.15) is 0 Å². The minimum Gasteiger partial charge on any atom is -0.497 e. The van der Waals surface area contributed by atoms with Crippen LogP contribution in [0.25, 0.3) is 0 Å². The number of rotatable bonds is 8. The van der Waals surface area contributed by atoms with Crippen molar-refractivity contribution in [2.45, 2.75) is 32.4 Å². The molecule has 2 aromatic rings. The van der Waals surface area contributed by atoms with Crippen LogP contribution < -0.4 is 25.6 Å². The maximum Gasteiger partial charge on any atom is 0.279 e. The van der Waals surface area contributed by atoms with E-state index in [9.17, 15) is 18.8 Å². The summed E-state index contributed by atoms with van der Waals surface area (Å²) in [6.07, 6.45) is -1.16. The number of carbonyl (C=O) groups excluding carboxylic acids is 3. The number of hydrogen-bond acceptors (Lipinski definition) is 5. The lowest BCUT2D eigenvalue weighted by atomic mass is 10.0. The quantitative estimate of drug-likeness (QED) is 0.570. The number of ether oxygens (including phenoxy) is 2. The zero-order valence-corrected chi connectivity index (χ0v) is 16.9. The monoisotopic (exact) mass is 417 g/mol. The Balaban J connectivity index is 1.91. The number of nitrogens with one attached hydrogen (secondary N) is 3. The van der Waals surface area contributed by atoms with Gasteiger partial charge < -0.3 is 14.8 Å². The van der Waals surface area contributed by atoms with Crippen molar-refractivity contribution in [2.24, 2.45) is 0 Å². The molecule has 2 aromatic carbocycles. The van der Waals surface area contributed by atoms with E-state index in [4.69, 9.17) is 9.47 Å². The summed E-state index contributed by atoms with van der Waals surface area (Å²) < 4.78 is 24.0. The summed E-state index contributed by atoms with van der Waals surface area (Å²) in [7, 11) is 1.54. The summed E-state index contributed by atoms with van der Waals surface area (Å²) in [5.41, 5.74) is 5.20. The van der Waals surface area contributed by atoms with Crippen molar-refractivity contribution in [2.75, 3.05) is 7.11 Å². The fourth-order valence-electron chi connectivity index (χ4n) is 2.59. The van der Waals surface area contributed by atoms with Crippen LogP contribution in [0.1, 0.15) is 31.9 Å². The van der Waals surface area contributed by atoms with Crippen LogP contribution in [0.2, 0.25) is 0 Å². The normalized spacial score (nSPS) is 12.3. The Morgan fingerprint density at radius 2 is 1.70 bits per heavy atom. The summed E-state index contributed by atoms with van der Waals surface area (Å²) in [4.78, 5) is 35.9. The van der Waals surface area contributed by atoms with Crippen molar-refractivity contribution in [3.8, 4) is 11.5 Å². The molecule has 0 radical (unpaired) electrons. The van der Waals surface area contributed by atoms with E-state index >= 15 is 0 Å². The second-order valence-electron chi connectivity index (χ2n) is 6.46. The predicted molar refractivity (Wildman–Crippen MR) is 107 cm³/mol. The second-order valence-corrected chi connectivity index (χ2v) is 6.46. The highest BCUT2D eigenvalue weighted by Gasteiger charge is 2.20. The molecule has 0 aliphatic carbocycles. The summed E-state index contributed by atoms with van der Waals surface area (Å²) in [6.45, 7) is 2.77. The van der Waals surface area contributed by atoms with E-state index in [0.29, 0.717) is 11.3 Å². The molecular weight excluding hydrogens is 393 g/mol. The van der Waals surface area contributed by atoms with E-state index in [-0.39, 0.29) is 18.1 Å². The van der Waals surface area contributed by atoms with E-state index in [2.05, 4.69) is 16.2 Å². The largest absolute Gasteiger partial charge is 0.497 e. The Hall–Kier alpha value is -3.62. The van der Waals surface area contributed by atoms with E-state index in [1.165, 1.54) is 39.2 Å². The van der Waals surface area contributed by atoms with Crippen LogP contribution in [-0.2, 0) is 14.4 Å². The van der Waals surface area contributed by atoms with Crippen molar-refractivity contribution in [1.82, 2.24) is 16.2 Å². The van der Waals surface area contributed by atoms with Crippen LogP contribution in [-0.4, -0.2) is 30.9 Å². The molecule has 0 aliphatic heterocycles. The zero-order chi connectivity index (χ0) is 22.1. The number of hydrazine groups is 1. The maximum absolute atomic E-state index is 13.6. The number of methoxy groups -OCH3 is 1. The summed E-state index contributed by atoms with van der Waals surface area (Å²) >= 11 is 0. The first-order valence-corrected chi connectivity index (χ1v) is 9.21. The predicted octanol–water partition coefficient (Wildman–Crippen LogP) is 2.02. The molecule has 30 heavy (non-hydrogen) atoms. The molecule has 160 valence electrons. The molecule has 0 heterocycles. The standard InChI is InChI=1S/C21H24FN3O5/c1-13(30-19-7-5-4-6-17(19)22)21(28)25-24-20(27)12-18(23-14(2)26)15-8-10-16(29-3)11-9-15/h4-11,13,18H,12H2,1-3H3,(H,23,26)(H,24,27)(H,25,28)/t13-,18-/m1/s1. The number of carbonyl (C=O) groups is 3. The van der Waals surface area contributed by atoms with E-state index in [0.717, 1.165) is 0 Å². The summed E-state index contributed by atoms with van der Waals surface area (Å²) in [5.74, 6) is -1.53. The molecule has 0 aromatic heterocycles.